The van der Waals surface area contributed by atoms with Crippen LogP contribution < -0.4 is 4.74 Å². The predicted octanol–water partition coefficient (Wildman–Crippen LogP) is 2.53. The number of halogens is 2. The molecule has 0 saturated carbocycles. The Morgan fingerprint density at radius 2 is 2.12 bits per heavy atom. The molecule has 0 spiro atoms. The van der Waals surface area contributed by atoms with Crippen molar-refractivity contribution in [2.24, 2.45) is 5.92 Å². The second-order valence-electron chi connectivity index (χ2n) is 4.65. The van der Waals surface area contributed by atoms with Gasteiger partial charge in [-0.05, 0) is 43.9 Å². The van der Waals surface area contributed by atoms with Crippen molar-refractivity contribution in [2.75, 3.05) is 19.6 Å². The minimum absolute atomic E-state index is 0. The first kappa shape index (κ1) is 13.0. The molecule has 0 amide bonds. The van der Waals surface area contributed by atoms with Crippen LogP contribution in [0.3, 0.4) is 0 Å². The van der Waals surface area contributed by atoms with Gasteiger partial charge in [0.2, 0.25) is 0 Å². The summed E-state index contributed by atoms with van der Waals surface area (Å²) in [5.74, 6) is 1.73. The maximum Gasteiger partial charge on any atom is 0.273 e. The van der Waals surface area contributed by atoms with Crippen molar-refractivity contribution in [1.82, 2.24) is 10.1 Å². The van der Waals surface area contributed by atoms with Gasteiger partial charge in [-0.15, -0.1) is 12.4 Å². The fraction of sp³-hybridized carbons (Fsp3) is 0.727. The molecule has 4 heterocycles. The molecule has 3 aliphatic heterocycles. The first-order valence-corrected chi connectivity index (χ1v) is 6.12. The third kappa shape index (κ3) is 2.39. The summed E-state index contributed by atoms with van der Waals surface area (Å²) in [6.07, 6.45) is 2.67. The highest BCUT2D eigenvalue weighted by atomic mass is 35.5. The van der Waals surface area contributed by atoms with Gasteiger partial charge in [0.25, 0.3) is 5.88 Å². The molecule has 6 heteroatoms. The third-order valence-electron chi connectivity index (χ3n) is 3.62. The normalized spacial score (nSPS) is 31.1. The number of rotatable bonds is 2. The highest BCUT2D eigenvalue weighted by molar-refractivity contribution is 6.32. The zero-order chi connectivity index (χ0) is 11.1. The van der Waals surface area contributed by atoms with Crippen molar-refractivity contribution in [3.63, 3.8) is 0 Å². The van der Waals surface area contributed by atoms with Crippen molar-refractivity contribution in [3.05, 3.63) is 10.8 Å². The first-order chi connectivity index (χ1) is 7.74. The Bertz CT molecular complexity index is 389. The van der Waals surface area contributed by atoms with Crippen molar-refractivity contribution < 1.29 is 9.26 Å². The first-order valence-electron chi connectivity index (χ1n) is 5.75. The van der Waals surface area contributed by atoms with Gasteiger partial charge in [-0.1, -0.05) is 11.6 Å². The number of nitrogens with zero attached hydrogens (tertiary/aromatic N) is 2. The van der Waals surface area contributed by atoms with Gasteiger partial charge >= 0.3 is 0 Å². The molecule has 4 rings (SSSR count). The van der Waals surface area contributed by atoms with Gasteiger partial charge in [0, 0.05) is 6.54 Å². The van der Waals surface area contributed by atoms with Gasteiger partial charge in [-0.2, -0.15) is 0 Å². The van der Waals surface area contributed by atoms with E-state index >= 15 is 0 Å². The zero-order valence-corrected chi connectivity index (χ0v) is 11.3. The Hall–Kier alpha value is -0.450. The Morgan fingerprint density at radius 1 is 1.41 bits per heavy atom. The highest BCUT2D eigenvalue weighted by Gasteiger charge is 2.36. The smallest absolute Gasteiger partial charge is 0.273 e. The topological polar surface area (TPSA) is 38.5 Å². The minimum Gasteiger partial charge on any atom is -0.469 e. The van der Waals surface area contributed by atoms with Crippen LogP contribution in [0, 0.1) is 12.8 Å². The SMILES string of the molecule is Cc1onc(OC2CN3CCC2CC3)c1Cl.Cl. The van der Waals surface area contributed by atoms with Gasteiger partial charge in [-0.3, -0.25) is 4.90 Å². The molecular weight excluding hydrogens is 263 g/mol. The fourth-order valence-electron chi connectivity index (χ4n) is 2.60. The van der Waals surface area contributed by atoms with Crippen molar-refractivity contribution in [3.8, 4) is 5.88 Å². The van der Waals surface area contributed by atoms with Gasteiger partial charge in [0.1, 0.15) is 11.1 Å². The summed E-state index contributed by atoms with van der Waals surface area (Å²) in [4.78, 5) is 2.44. The number of ether oxygens (including phenoxy) is 1. The Kier molecular flexibility index (Phi) is 3.85. The van der Waals surface area contributed by atoms with Crippen LogP contribution >= 0.6 is 24.0 Å². The van der Waals surface area contributed by atoms with Crippen molar-refractivity contribution >= 4 is 24.0 Å². The van der Waals surface area contributed by atoms with Crippen molar-refractivity contribution in [1.29, 1.82) is 0 Å². The van der Waals surface area contributed by atoms with Crippen LogP contribution in [-0.4, -0.2) is 35.8 Å². The lowest BCUT2D eigenvalue weighted by molar-refractivity contribution is -0.0113. The van der Waals surface area contributed by atoms with Crippen LogP contribution in [0.5, 0.6) is 5.88 Å². The number of piperidine rings is 3. The Labute approximate surface area is 112 Å². The predicted molar refractivity (Wildman–Crippen MR) is 67.1 cm³/mol. The second kappa shape index (κ2) is 5.04. The van der Waals surface area contributed by atoms with Crippen LogP contribution in [0.15, 0.2) is 4.52 Å². The van der Waals surface area contributed by atoms with E-state index in [4.69, 9.17) is 20.9 Å². The summed E-state index contributed by atoms with van der Waals surface area (Å²) in [5, 5.41) is 4.36. The lowest BCUT2D eigenvalue weighted by Crippen LogP contribution is -2.52. The average molecular weight is 279 g/mol. The molecule has 3 fully saturated rings. The number of aryl methyl sites for hydroxylation is 1. The molecule has 96 valence electrons. The monoisotopic (exact) mass is 278 g/mol. The summed E-state index contributed by atoms with van der Waals surface area (Å²) in [5.41, 5.74) is 0. The van der Waals surface area contributed by atoms with E-state index < -0.39 is 0 Å². The molecule has 0 aliphatic carbocycles. The quantitative estimate of drug-likeness (QED) is 0.834. The summed E-state index contributed by atoms with van der Waals surface area (Å²) in [6.45, 7) is 5.19. The van der Waals surface area contributed by atoms with E-state index in [1.807, 2.05) is 0 Å². The van der Waals surface area contributed by atoms with E-state index in [1.54, 1.807) is 6.92 Å². The van der Waals surface area contributed by atoms with Gasteiger partial charge in [0.15, 0.2) is 5.76 Å². The maximum absolute atomic E-state index is 6.04. The average Bonchev–Trinajstić information content (AvgIpc) is 2.63. The van der Waals surface area contributed by atoms with Gasteiger partial charge < -0.3 is 9.26 Å². The molecule has 17 heavy (non-hydrogen) atoms. The minimum atomic E-state index is 0. The van der Waals surface area contributed by atoms with E-state index in [1.165, 1.54) is 25.9 Å². The van der Waals surface area contributed by atoms with E-state index in [0.29, 0.717) is 22.6 Å². The zero-order valence-electron chi connectivity index (χ0n) is 9.69. The maximum atomic E-state index is 6.04. The highest BCUT2D eigenvalue weighted by Crippen LogP contribution is 2.33. The molecule has 1 atom stereocenters. The van der Waals surface area contributed by atoms with Crippen LogP contribution in [0.2, 0.25) is 5.02 Å². The van der Waals surface area contributed by atoms with Crippen LogP contribution in [0.1, 0.15) is 18.6 Å². The van der Waals surface area contributed by atoms with Crippen LogP contribution in [0.25, 0.3) is 0 Å². The lowest BCUT2D eigenvalue weighted by atomic mass is 9.86. The molecule has 0 N–H and O–H groups in total. The molecule has 3 saturated heterocycles. The largest absolute Gasteiger partial charge is 0.469 e. The third-order valence-corrected chi connectivity index (χ3v) is 4.05. The summed E-state index contributed by atoms with van der Waals surface area (Å²) in [7, 11) is 0. The molecule has 4 nitrogen and oxygen atoms in total. The fourth-order valence-corrected chi connectivity index (χ4v) is 2.72. The molecule has 1 aromatic rings. The lowest BCUT2D eigenvalue weighted by Gasteiger charge is -2.43. The van der Waals surface area contributed by atoms with E-state index in [2.05, 4.69) is 10.1 Å². The van der Waals surface area contributed by atoms with Crippen LogP contribution in [-0.2, 0) is 0 Å². The number of fused-ring (bicyclic) bond motifs is 3. The number of hydrogen-bond acceptors (Lipinski definition) is 4. The molecule has 3 aliphatic rings. The molecule has 0 radical (unpaired) electrons. The summed E-state index contributed by atoms with van der Waals surface area (Å²) >= 11 is 6.04. The Morgan fingerprint density at radius 3 is 2.59 bits per heavy atom. The van der Waals surface area contributed by atoms with Gasteiger partial charge in [-0.25, -0.2) is 0 Å². The van der Waals surface area contributed by atoms with Crippen molar-refractivity contribution in [2.45, 2.75) is 25.9 Å². The Balaban J connectivity index is 0.00000108. The summed E-state index contributed by atoms with van der Waals surface area (Å²) < 4.78 is 10.9. The number of aromatic nitrogens is 1. The van der Waals surface area contributed by atoms with E-state index in [-0.39, 0.29) is 18.5 Å². The van der Waals surface area contributed by atoms with Gasteiger partial charge in [0.05, 0.1) is 0 Å². The standard InChI is InChI=1S/C11H15ClN2O2.ClH/c1-7-10(12)11(13-16-7)15-9-6-14-4-2-8(9)3-5-14;/h8-9H,2-6H2,1H3;1H. The van der Waals surface area contributed by atoms with E-state index in [0.717, 1.165) is 6.54 Å². The second-order valence-corrected chi connectivity index (χ2v) is 5.03. The van der Waals surface area contributed by atoms with Crippen LogP contribution in [0.4, 0.5) is 0 Å². The molecule has 1 aromatic heterocycles. The number of hydrogen-bond donors (Lipinski definition) is 0. The summed E-state index contributed by atoms with van der Waals surface area (Å²) in [6, 6.07) is 0. The molecule has 2 bridgehead atoms. The molecule has 1 unspecified atom stereocenters. The van der Waals surface area contributed by atoms with E-state index in [9.17, 15) is 0 Å². The molecular formula is C11H16Cl2N2O2. The molecule has 0 aromatic carbocycles.